The minimum absolute atomic E-state index is 0.00750. The molecule has 0 unspecified atom stereocenters. The van der Waals surface area contributed by atoms with Crippen molar-refractivity contribution in [3.63, 3.8) is 0 Å². The highest BCUT2D eigenvalue weighted by atomic mass is 16.2. The SMILES string of the molecule is C[C@H](NC(=O)C12CC3CC(CC(C3)C1)C2)C(=O)NNC(=O)c1ccc(C(C)(C)C)cc1. The Labute approximate surface area is 184 Å². The topological polar surface area (TPSA) is 87.3 Å². The Balaban J connectivity index is 1.29. The number of amides is 3. The Morgan fingerprint density at radius 1 is 0.903 bits per heavy atom. The summed E-state index contributed by atoms with van der Waals surface area (Å²) in [5.41, 5.74) is 6.23. The van der Waals surface area contributed by atoms with Crippen LogP contribution in [0.25, 0.3) is 0 Å². The van der Waals surface area contributed by atoms with Crippen molar-refractivity contribution < 1.29 is 14.4 Å². The molecule has 0 saturated heterocycles. The van der Waals surface area contributed by atoms with E-state index < -0.39 is 11.9 Å². The Morgan fingerprint density at radius 2 is 1.42 bits per heavy atom. The second kappa shape index (κ2) is 7.95. The zero-order valence-corrected chi connectivity index (χ0v) is 19.1. The Bertz CT molecular complexity index is 834. The van der Waals surface area contributed by atoms with Gasteiger partial charge < -0.3 is 5.32 Å². The highest BCUT2D eigenvalue weighted by Gasteiger charge is 2.54. The molecule has 168 valence electrons. The maximum absolute atomic E-state index is 13.1. The lowest BCUT2D eigenvalue weighted by Crippen LogP contribution is -2.57. The molecule has 0 aromatic heterocycles. The van der Waals surface area contributed by atoms with Crippen LogP contribution in [0.5, 0.6) is 0 Å². The second-order valence-corrected chi connectivity index (χ2v) is 11.2. The number of nitrogens with one attached hydrogen (secondary N) is 3. The fourth-order valence-corrected chi connectivity index (χ4v) is 6.22. The number of carbonyl (C=O) groups excluding carboxylic acids is 3. The van der Waals surface area contributed by atoms with Gasteiger partial charge >= 0.3 is 0 Å². The lowest BCUT2D eigenvalue weighted by atomic mass is 9.49. The Morgan fingerprint density at radius 3 is 1.90 bits per heavy atom. The van der Waals surface area contributed by atoms with Crippen LogP contribution in [0.1, 0.15) is 82.1 Å². The average Bonchev–Trinajstić information content (AvgIpc) is 2.70. The molecule has 4 saturated carbocycles. The summed E-state index contributed by atoms with van der Waals surface area (Å²) in [4.78, 5) is 38.0. The highest BCUT2D eigenvalue weighted by molar-refractivity contribution is 5.96. The van der Waals surface area contributed by atoms with Crippen LogP contribution < -0.4 is 16.2 Å². The molecular weight excluding hydrogens is 390 g/mol. The molecule has 0 aliphatic heterocycles. The molecule has 1 atom stereocenters. The fraction of sp³-hybridized carbons (Fsp3) is 0.640. The van der Waals surface area contributed by atoms with E-state index in [2.05, 4.69) is 36.9 Å². The summed E-state index contributed by atoms with van der Waals surface area (Å²) in [6.07, 6.45) is 6.68. The molecule has 0 radical (unpaired) electrons. The summed E-state index contributed by atoms with van der Waals surface area (Å²) < 4.78 is 0. The van der Waals surface area contributed by atoms with E-state index in [1.165, 1.54) is 19.3 Å². The first kappa shape index (κ1) is 21.8. The van der Waals surface area contributed by atoms with E-state index in [0.717, 1.165) is 24.8 Å². The second-order valence-electron chi connectivity index (χ2n) is 11.2. The molecule has 3 N–H and O–H groups in total. The van der Waals surface area contributed by atoms with Gasteiger partial charge in [0.2, 0.25) is 5.91 Å². The molecule has 0 spiro atoms. The molecular formula is C25H35N3O3. The zero-order valence-electron chi connectivity index (χ0n) is 19.1. The average molecular weight is 426 g/mol. The summed E-state index contributed by atoms with van der Waals surface area (Å²) in [6, 6.07) is 6.64. The summed E-state index contributed by atoms with van der Waals surface area (Å²) in [7, 11) is 0. The quantitative estimate of drug-likeness (QED) is 0.646. The van der Waals surface area contributed by atoms with E-state index in [9.17, 15) is 14.4 Å². The molecule has 6 heteroatoms. The number of hydrogen-bond acceptors (Lipinski definition) is 3. The number of hydrazine groups is 1. The molecule has 1 aromatic rings. The van der Waals surface area contributed by atoms with E-state index in [-0.39, 0.29) is 22.6 Å². The van der Waals surface area contributed by atoms with Gasteiger partial charge in [0.15, 0.2) is 0 Å². The lowest BCUT2D eigenvalue weighted by Gasteiger charge is -2.55. The zero-order chi connectivity index (χ0) is 22.4. The van der Waals surface area contributed by atoms with Crippen molar-refractivity contribution >= 4 is 17.7 Å². The van der Waals surface area contributed by atoms with Crippen molar-refractivity contribution in [1.29, 1.82) is 0 Å². The first-order valence-corrected chi connectivity index (χ1v) is 11.6. The van der Waals surface area contributed by atoms with Crippen LogP contribution in [-0.4, -0.2) is 23.8 Å². The summed E-state index contributed by atoms with van der Waals surface area (Å²) in [6.45, 7) is 8.00. The van der Waals surface area contributed by atoms with Crippen molar-refractivity contribution in [3.05, 3.63) is 35.4 Å². The molecule has 1 aromatic carbocycles. The van der Waals surface area contributed by atoms with Gasteiger partial charge in [-0.05, 0) is 86.3 Å². The first-order chi connectivity index (χ1) is 14.6. The number of hydrogen-bond donors (Lipinski definition) is 3. The fourth-order valence-electron chi connectivity index (χ4n) is 6.22. The number of carbonyl (C=O) groups is 3. The van der Waals surface area contributed by atoms with Crippen molar-refractivity contribution in [1.82, 2.24) is 16.2 Å². The summed E-state index contributed by atoms with van der Waals surface area (Å²) in [5.74, 6) is 1.23. The minimum atomic E-state index is -0.705. The van der Waals surface area contributed by atoms with Gasteiger partial charge in [-0.1, -0.05) is 32.9 Å². The molecule has 3 amide bonds. The monoisotopic (exact) mass is 425 g/mol. The predicted octanol–water partition coefficient (Wildman–Crippen LogP) is 3.47. The molecule has 6 nitrogen and oxygen atoms in total. The maximum Gasteiger partial charge on any atom is 0.269 e. The standard InChI is InChI=1S/C25H35N3O3/c1-15(26-23(31)25-12-16-9-17(13-25)11-18(10-16)14-25)21(29)27-28-22(30)19-5-7-20(8-6-19)24(2,3)4/h5-8,15-18H,9-14H2,1-4H3,(H,26,31)(H,27,29)(H,28,30)/t15-,16?,17?,18?,25?/m0/s1. The van der Waals surface area contributed by atoms with Crippen LogP contribution in [0.3, 0.4) is 0 Å². The summed E-state index contributed by atoms with van der Waals surface area (Å²) in [5, 5.41) is 2.92. The van der Waals surface area contributed by atoms with Gasteiger partial charge in [0, 0.05) is 11.0 Å². The highest BCUT2D eigenvalue weighted by Crippen LogP contribution is 2.60. The van der Waals surface area contributed by atoms with Crippen molar-refractivity contribution in [2.24, 2.45) is 23.2 Å². The molecule has 4 bridgehead atoms. The normalized spacial score (nSPS) is 29.9. The van der Waals surface area contributed by atoms with Gasteiger partial charge in [0.25, 0.3) is 11.8 Å². The molecule has 4 fully saturated rings. The van der Waals surface area contributed by atoms with E-state index >= 15 is 0 Å². The van der Waals surface area contributed by atoms with E-state index in [1.807, 2.05) is 12.1 Å². The molecule has 5 rings (SSSR count). The first-order valence-electron chi connectivity index (χ1n) is 11.6. The number of rotatable bonds is 4. The van der Waals surface area contributed by atoms with Crippen LogP contribution in [0.15, 0.2) is 24.3 Å². The summed E-state index contributed by atoms with van der Waals surface area (Å²) >= 11 is 0. The predicted molar refractivity (Wildman–Crippen MR) is 119 cm³/mol. The molecule has 4 aliphatic rings. The largest absolute Gasteiger partial charge is 0.344 e. The third-order valence-corrected chi connectivity index (χ3v) is 7.57. The van der Waals surface area contributed by atoms with Crippen LogP contribution in [0.4, 0.5) is 0 Å². The van der Waals surface area contributed by atoms with Gasteiger partial charge in [-0.2, -0.15) is 0 Å². The van der Waals surface area contributed by atoms with Crippen molar-refractivity contribution in [2.45, 2.75) is 77.7 Å². The van der Waals surface area contributed by atoms with E-state index in [1.54, 1.807) is 19.1 Å². The Kier molecular flexibility index (Phi) is 5.61. The van der Waals surface area contributed by atoms with Gasteiger partial charge in [-0.3, -0.25) is 25.2 Å². The van der Waals surface area contributed by atoms with Gasteiger partial charge in [0.1, 0.15) is 6.04 Å². The molecule has 31 heavy (non-hydrogen) atoms. The van der Waals surface area contributed by atoms with Crippen LogP contribution in [0.2, 0.25) is 0 Å². The minimum Gasteiger partial charge on any atom is -0.344 e. The smallest absolute Gasteiger partial charge is 0.269 e. The van der Waals surface area contributed by atoms with Crippen molar-refractivity contribution in [2.75, 3.05) is 0 Å². The van der Waals surface area contributed by atoms with E-state index in [0.29, 0.717) is 23.3 Å². The maximum atomic E-state index is 13.1. The molecule has 4 aliphatic carbocycles. The molecule has 0 heterocycles. The van der Waals surface area contributed by atoms with Crippen molar-refractivity contribution in [3.8, 4) is 0 Å². The lowest BCUT2D eigenvalue weighted by molar-refractivity contribution is -0.148. The third-order valence-electron chi connectivity index (χ3n) is 7.57. The van der Waals surface area contributed by atoms with Crippen LogP contribution in [0, 0.1) is 23.2 Å². The number of benzene rings is 1. The van der Waals surface area contributed by atoms with Crippen LogP contribution >= 0.6 is 0 Å². The van der Waals surface area contributed by atoms with Gasteiger partial charge in [-0.25, -0.2) is 0 Å². The Hall–Kier alpha value is -2.37. The van der Waals surface area contributed by atoms with Gasteiger partial charge in [0.05, 0.1) is 0 Å². The van der Waals surface area contributed by atoms with Crippen LogP contribution in [-0.2, 0) is 15.0 Å². The van der Waals surface area contributed by atoms with E-state index in [4.69, 9.17) is 0 Å². The third kappa shape index (κ3) is 4.48. The van der Waals surface area contributed by atoms with Gasteiger partial charge in [-0.15, -0.1) is 0 Å².